The Morgan fingerprint density at radius 1 is 1.03 bits per heavy atom. The Morgan fingerprint density at radius 2 is 1.71 bits per heavy atom. The molecule has 0 saturated carbocycles. The first-order chi connectivity index (χ1) is 15.0. The van der Waals surface area contributed by atoms with Gasteiger partial charge in [0.1, 0.15) is 0 Å². The molecular formula is C23H30N4O4. The fourth-order valence-electron chi connectivity index (χ4n) is 3.28. The Kier molecular flexibility index (Phi) is 7.70. The Hall–Kier alpha value is -3.29. The quantitative estimate of drug-likeness (QED) is 0.472. The number of hydrogen-bond donors (Lipinski definition) is 1. The van der Waals surface area contributed by atoms with Crippen LogP contribution in [0.3, 0.4) is 0 Å². The Morgan fingerprint density at radius 3 is 2.35 bits per heavy atom. The average Bonchev–Trinajstić information content (AvgIpc) is 3.12. The summed E-state index contributed by atoms with van der Waals surface area (Å²) >= 11 is 0. The summed E-state index contributed by atoms with van der Waals surface area (Å²) in [4.78, 5) is 17.1. The summed E-state index contributed by atoms with van der Waals surface area (Å²) < 4.78 is 18.9. The van der Waals surface area contributed by atoms with Crippen molar-refractivity contribution < 1.29 is 19.0 Å². The van der Waals surface area contributed by atoms with Crippen LogP contribution in [0.15, 0.2) is 30.6 Å². The van der Waals surface area contributed by atoms with E-state index in [0.717, 1.165) is 29.7 Å². The molecule has 1 N–H and O–H groups in total. The van der Waals surface area contributed by atoms with E-state index in [2.05, 4.69) is 15.4 Å². The molecular weight excluding hydrogens is 396 g/mol. The molecule has 3 rings (SSSR count). The zero-order chi connectivity index (χ0) is 22.2. The first-order valence-corrected chi connectivity index (χ1v) is 10.7. The molecule has 31 heavy (non-hydrogen) atoms. The van der Waals surface area contributed by atoms with Gasteiger partial charge in [0.05, 0.1) is 25.5 Å². The third kappa shape index (κ3) is 5.65. The molecule has 2 aromatic heterocycles. The summed E-state index contributed by atoms with van der Waals surface area (Å²) in [6.07, 6.45) is 5.41. The largest absolute Gasteiger partial charge is 0.490 e. The van der Waals surface area contributed by atoms with Crippen molar-refractivity contribution in [2.75, 3.05) is 26.4 Å². The van der Waals surface area contributed by atoms with E-state index in [1.807, 2.05) is 46.2 Å². The number of carbonyl (C=O) groups excluding carboxylic acids is 1. The van der Waals surface area contributed by atoms with Gasteiger partial charge >= 0.3 is 0 Å². The molecule has 8 nitrogen and oxygen atoms in total. The number of fused-ring (bicyclic) bond motifs is 1. The van der Waals surface area contributed by atoms with Gasteiger partial charge in [-0.05, 0) is 58.2 Å². The van der Waals surface area contributed by atoms with Crippen LogP contribution in [0.4, 0.5) is 0 Å². The molecule has 0 bridgehead atoms. The molecule has 0 aliphatic rings. The van der Waals surface area contributed by atoms with Crippen molar-refractivity contribution >= 4 is 11.6 Å². The van der Waals surface area contributed by atoms with Crippen molar-refractivity contribution in [3.8, 4) is 17.2 Å². The summed E-state index contributed by atoms with van der Waals surface area (Å²) in [5.41, 5.74) is 3.32. The standard InChI is InChI=1S/C23H30N4O4/c1-5-29-19-12-18(13-20(30-6-2)22(19)31-7-3)23(28)24-10-8-9-17-14-25-21-11-16(4)26-27(21)15-17/h11-15H,5-10H2,1-4H3,(H,24,28). The summed E-state index contributed by atoms with van der Waals surface area (Å²) in [6.45, 7) is 9.56. The van der Waals surface area contributed by atoms with Crippen LogP contribution in [0.5, 0.6) is 17.2 Å². The van der Waals surface area contributed by atoms with Crippen molar-refractivity contribution in [3.05, 3.63) is 47.4 Å². The van der Waals surface area contributed by atoms with Crippen molar-refractivity contribution in [1.82, 2.24) is 19.9 Å². The van der Waals surface area contributed by atoms with E-state index in [4.69, 9.17) is 14.2 Å². The minimum absolute atomic E-state index is 0.179. The van der Waals surface area contributed by atoms with Crippen molar-refractivity contribution in [2.24, 2.45) is 0 Å². The Balaban J connectivity index is 1.63. The van der Waals surface area contributed by atoms with E-state index >= 15 is 0 Å². The minimum Gasteiger partial charge on any atom is -0.490 e. The van der Waals surface area contributed by atoms with Crippen molar-refractivity contribution in [1.29, 1.82) is 0 Å². The van der Waals surface area contributed by atoms with E-state index in [1.165, 1.54) is 0 Å². The first-order valence-electron chi connectivity index (χ1n) is 10.7. The van der Waals surface area contributed by atoms with Crippen LogP contribution in [0, 0.1) is 6.92 Å². The second-order valence-electron chi connectivity index (χ2n) is 7.01. The molecule has 0 saturated heterocycles. The first kappa shape index (κ1) is 22.4. The number of benzene rings is 1. The topological polar surface area (TPSA) is 87.0 Å². The maximum Gasteiger partial charge on any atom is 0.251 e. The highest BCUT2D eigenvalue weighted by Crippen LogP contribution is 2.39. The summed E-state index contributed by atoms with van der Waals surface area (Å²) in [5, 5.41) is 7.35. The predicted molar refractivity (Wildman–Crippen MR) is 118 cm³/mol. The second-order valence-corrected chi connectivity index (χ2v) is 7.01. The van der Waals surface area contributed by atoms with Gasteiger partial charge in [-0.1, -0.05) is 0 Å². The van der Waals surface area contributed by atoms with Gasteiger partial charge in [-0.15, -0.1) is 0 Å². The molecule has 3 aromatic rings. The molecule has 8 heteroatoms. The van der Waals surface area contributed by atoms with E-state index in [1.54, 1.807) is 16.6 Å². The fraction of sp³-hybridized carbons (Fsp3) is 0.435. The average molecular weight is 427 g/mol. The number of amides is 1. The molecule has 0 aliphatic carbocycles. The van der Waals surface area contributed by atoms with E-state index in [9.17, 15) is 4.79 Å². The van der Waals surface area contributed by atoms with Gasteiger partial charge < -0.3 is 19.5 Å². The number of carbonyl (C=O) groups is 1. The molecule has 0 fully saturated rings. The van der Waals surface area contributed by atoms with Crippen LogP contribution in [0.2, 0.25) is 0 Å². The lowest BCUT2D eigenvalue weighted by molar-refractivity contribution is 0.0952. The van der Waals surface area contributed by atoms with Crippen molar-refractivity contribution in [2.45, 2.75) is 40.5 Å². The normalized spacial score (nSPS) is 10.8. The van der Waals surface area contributed by atoms with Crippen LogP contribution in [0.25, 0.3) is 5.65 Å². The number of nitrogens with zero attached hydrogens (tertiary/aromatic N) is 3. The number of nitrogens with one attached hydrogen (secondary N) is 1. The van der Waals surface area contributed by atoms with Gasteiger partial charge in [-0.25, -0.2) is 9.50 Å². The zero-order valence-corrected chi connectivity index (χ0v) is 18.6. The monoisotopic (exact) mass is 426 g/mol. The lowest BCUT2D eigenvalue weighted by Gasteiger charge is -2.17. The molecule has 166 valence electrons. The van der Waals surface area contributed by atoms with E-state index < -0.39 is 0 Å². The van der Waals surface area contributed by atoms with Gasteiger partial charge in [0.15, 0.2) is 17.1 Å². The Bertz CT molecular complexity index is 1000. The number of aryl methyl sites for hydroxylation is 2. The molecule has 0 unspecified atom stereocenters. The van der Waals surface area contributed by atoms with Gasteiger partial charge in [0.25, 0.3) is 5.91 Å². The lowest BCUT2D eigenvalue weighted by Crippen LogP contribution is -2.25. The zero-order valence-electron chi connectivity index (χ0n) is 18.6. The number of hydrogen-bond acceptors (Lipinski definition) is 6. The molecule has 0 spiro atoms. The number of ether oxygens (including phenoxy) is 3. The van der Waals surface area contributed by atoms with Crippen LogP contribution >= 0.6 is 0 Å². The summed E-state index contributed by atoms with van der Waals surface area (Å²) in [6, 6.07) is 5.34. The SMILES string of the molecule is CCOc1cc(C(=O)NCCCc2cnc3cc(C)nn3c2)cc(OCC)c1OCC. The number of rotatable bonds is 11. The molecule has 0 radical (unpaired) electrons. The highest BCUT2D eigenvalue weighted by molar-refractivity contribution is 5.95. The minimum atomic E-state index is -0.179. The molecule has 0 aliphatic heterocycles. The molecule has 0 atom stereocenters. The maximum absolute atomic E-state index is 12.7. The third-order valence-electron chi connectivity index (χ3n) is 4.59. The van der Waals surface area contributed by atoms with Crippen LogP contribution in [0.1, 0.15) is 48.8 Å². The van der Waals surface area contributed by atoms with Gasteiger partial charge in [0, 0.05) is 30.6 Å². The van der Waals surface area contributed by atoms with Gasteiger partial charge in [-0.3, -0.25) is 4.79 Å². The maximum atomic E-state index is 12.7. The smallest absolute Gasteiger partial charge is 0.251 e. The second kappa shape index (κ2) is 10.7. The summed E-state index contributed by atoms with van der Waals surface area (Å²) in [5.74, 6) is 1.37. The van der Waals surface area contributed by atoms with E-state index in [0.29, 0.717) is 49.2 Å². The third-order valence-corrected chi connectivity index (χ3v) is 4.59. The molecule has 1 aromatic carbocycles. The van der Waals surface area contributed by atoms with E-state index in [-0.39, 0.29) is 5.91 Å². The number of aromatic nitrogens is 3. The van der Waals surface area contributed by atoms with Gasteiger partial charge in [-0.2, -0.15) is 5.10 Å². The highest BCUT2D eigenvalue weighted by atomic mass is 16.5. The van der Waals surface area contributed by atoms with Crippen LogP contribution < -0.4 is 19.5 Å². The summed E-state index contributed by atoms with van der Waals surface area (Å²) in [7, 11) is 0. The molecule has 1 amide bonds. The molecule has 2 heterocycles. The Labute approximate surface area is 182 Å². The van der Waals surface area contributed by atoms with Crippen molar-refractivity contribution in [3.63, 3.8) is 0 Å². The van der Waals surface area contributed by atoms with Crippen LogP contribution in [-0.2, 0) is 6.42 Å². The van der Waals surface area contributed by atoms with Gasteiger partial charge in [0.2, 0.25) is 5.75 Å². The lowest BCUT2D eigenvalue weighted by atomic mass is 10.1. The predicted octanol–water partition coefficient (Wildman–Crippen LogP) is 3.60. The highest BCUT2D eigenvalue weighted by Gasteiger charge is 2.18. The van der Waals surface area contributed by atoms with Crippen LogP contribution in [-0.4, -0.2) is 46.9 Å². The fourth-order valence-corrected chi connectivity index (χ4v) is 3.28.